The molecular weight excluding hydrogens is 418 g/mol. The van der Waals surface area contributed by atoms with E-state index in [-0.39, 0.29) is 17.0 Å². The van der Waals surface area contributed by atoms with E-state index in [0.29, 0.717) is 13.2 Å². The van der Waals surface area contributed by atoms with E-state index in [4.69, 9.17) is 14.3 Å². The molecule has 5 rings (SSSR count). The molecule has 1 saturated carbocycles. The standard InChI is InChI=1S/C26H37N3O4/c1-4-31-22-9-8-20(19-6-7-19)14-21(22)16-28-17-26(18-28)15-23(27-33-26)29-12-10-25(3,11-13-29)24(30)32-5-2/h8-9,14,19H,4-7,10-13,15-18H2,1-3H3. The predicted molar refractivity (Wildman–Crippen MR) is 126 cm³/mol. The van der Waals surface area contributed by atoms with Gasteiger partial charge in [-0.05, 0) is 64.0 Å². The lowest BCUT2D eigenvalue weighted by molar-refractivity contribution is -0.156. The first-order chi connectivity index (χ1) is 15.9. The smallest absolute Gasteiger partial charge is 0.311 e. The summed E-state index contributed by atoms with van der Waals surface area (Å²) in [7, 11) is 0. The van der Waals surface area contributed by atoms with Gasteiger partial charge >= 0.3 is 5.97 Å². The Kier molecular flexibility index (Phi) is 6.02. The van der Waals surface area contributed by atoms with E-state index in [1.807, 2.05) is 20.8 Å². The lowest BCUT2D eigenvalue weighted by Gasteiger charge is -2.46. The molecule has 33 heavy (non-hydrogen) atoms. The highest BCUT2D eigenvalue weighted by Gasteiger charge is 2.51. The number of nitrogens with zero attached hydrogens (tertiary/aromatic N) is 3. The van der Waals surface area contributed by atoms with Gasteiger partial charge in [0.25, 0.3) is 0 Å². The molecule has 3 aliphatic heterocycles. The number of ether oxygens (including phenoxy) is 2. The quantitative estimate of drug-likeness (QED) is 0.581. The number of benzene rings is 1. The number of oxime groups is 1. The summed E-state index contributed by atoms with van der Waals surface area (Å²) in [5.74, 6) is 2.71. The van der Waals surface area contributed by atoms with Crippen molar-refractivity contribution in [2.45, 2.75) is 70.9 Å². The van der Waals surface area contributed by atoms with E-state index in [0.717, 1.165) is 69.5 Å². The molecule has 0 aromatic heterocycles. The van der Waals surface area contributed by atoms with Crippen LogP contribution in [0, 0.1) is 5.41 Å². The number of piperidine rings is 1. The van der Waals surface area contributed by atoms with E-state index < -0.39 is 0 Å². The van der Waals surface area contributed by atoms with Gasteiger partial charge in [-0.2, -0.15) is 0 Å². The number of hydrogen-bond donors (Lipinski definition) is 0. The third-order valence-electron chi connectivity index (χ3n) is 7.68. The maximum atomic E-state index is 12.3. The van der Waals surface area contributed by atoms with Gasteiger partial charge in [0.05, 0.1) is 25.0 Å². The first-order valence-corrected chi connectivity index (χ1v) is 12.6. The molecule has 0 unspecified atom stereocenters. The van der Waals surface area contributed by atoms with Crippen molar-refractivity contribution in [1.29, 1.82) is 0 Å². The normalized spacial score (nSPS) is 23.6. The summed E-state index contributed by atoms with van der Waals surface area (Å²) >= 11 is 0. The number of amidine groups is 1. The van der Waals surface area contributed by atoms with Crippen molar-refractivity contribution >= 4 is 11.8 Å². The van der Waals surface area contributed by atoms with Gasteiger partial charge < -0.3 is 19.2 Å². The number of likely N-dealkylation sites (tertiary alicyclic amines) is 2. The van der Waals surface area contributed by atoms with Crippen LogP contribution in [-0.2, 0) is 20.9 Å². The van der Waals surface area contributed by atoms with Gasteiger partial charge in [0, 0.05) is 38.3 Å². The van der Waals surface area contributed by atoms with Gasteiger partial charge in [-0.1, -0.05) is 17.3 Å². The van der Waals surface area contributed by atoms with E-state index >= 15 is 0 Å². The Morgan fingerprint density at radius 2 is 1.94 bits per heavy atom. The van der Waals surface area contributed by atoms with Crippen molar-refractivity contribution in [2.24, 2.45) is 10.6 Å². The molecule has 0 bridgehead atoms. The van der Waals surface area contributed by atoms with Crippen LogP contribution >= 0.6 is 0 Å². The van der Waals surface area contributed by atoms with Crippen molar-refractivity contribution < 1.29 is 19.1 Å². The topological polar surface area (TPSA) is 63.6 Å². The second-order valence-electron chi connectivity index (χ2n) is 10.4. The minimum Gasteiger partial charge on any atom is -0.494 e. The maximum Gasteiger partial charge on any atom is 0.311 e. The van der Waals surface area contributed by atoms with Crippen LogP contribution in [0.1, 0.15) is 69.9 Å². The molecule has 1 aliphatic carbocycles. The van der Waals surface area contributed by atoms with E-state index in [2.05, 4.69) is 33.2 Å². The summed E-state index contributed by atoms with van der Waals surface area (Å²) < 4.78 is 11.2. The van der Waals surface area contributed by atoms with E-state index in [1.54, 1.807) is 0 Å². The van der Waals surface area contributed by atoms with Gasteiger partial charge in [-0.25, -0.2) is 0 Å². The number of carbonyl (C=O) groups is 1. The van der Waals surface area contributed by atoms with Gasteiger partial charge in [0.15, 0.2) is 5.60 Å². The maximum absolute atomic E-state index is 12.3. The van der Waals surface area contributed by atoms with Crippen LogP contribution in [0.2, 0.25) is 0 Å². The second kappa shape index (κ2) is 8.82. The van der Waals surface area contributed by atoms with Crippen LogP contribution in [0.15, 0.2) is 23.4 Å². The summed E-state index contributed by atoms with van der Waals surface area (Å²) in [5, 5.41) is 4.47. The second-order valence-corrected chi connectivity index (χ2v) is 10.4. The number of carbonyl (C=O) groups excluding carboxylic acids is 1. The first-order valence-electron chi connectivity index (χ1n) is 12.6. The molecule has 7 nitrogen and oxygen atoms in total. The SMILES string of the molecule is CCOC(=O)C1(C)CCN(C2=NOC3(C2)CN(Cc2cc(C4CC4)ccc2OCC)C3)CC1. The molecule has 180 valence electrons. The van der Waals surface area contributed by atoms with Crippen molar-refractivity contribution in [2.75, 3.05) is 39.4 Å². The van der Waals surface area contributed by atoms with Crippen LogP contribution in [0.3, 0.4) is 0 Å². The molecule has 7 heteroatoms. The average Bonchev–Trinajstić information content (AvgIpc) is 3.54. The zero-order valence-electron chi connectivity index (χ0n) is 20.3. The Labute approximate surface area is 197 Å². The lowest BCUT2D eigenvalue weighted by Crippen LogP contribution is -2.61. The van der Waals surface area contributed by atoms with Gasteiger partial charge in [-0.3, -0.25) is 9.69 Å². The summed E-state index contributed by atoms with van der Waals surface area (Å²) in [5.41, 5.74) is 2.15. The molecule has 1 aromatic carbocycles. The van der Waals surface area contributed by atoms with Gasteiger partial charge in [0.1, 0.15) is 11.6 Å². The summed E-state index contributed by atoms with van der Waals surface area (Å²) in [6.45, 7) is 11.3. The predicted octanol–water partition coefficient (Wildman–Crippen LogP) is 3.92. The minimum atomic E-state index is -0.384. The van der Waals surface area contributed by atoms with Gasteiger partial charge in [0.2, 0.25) is 0 Å². The Bertz CT molecular complexity index is 912. The van der Waals surface area contributed by atoms with Crippen LogP contribution < -0.4 is 4.74 Å². The highest BCUT2D eigenvalue weighted by atomic mass is 16.7. The van der Waals surface area contributed by atoms with Crippen molar-refractivity contribution in [3.05, 3.63) is 29.3 Å². The van der Waals surface area contributed by atoms with Crippen LogP contribution in [0.4, 0.5) is 0 Å². The van der Waals surface area contributed by atoms with E-state index in [9.17, 15) is 4.79 Å². The van der Waals surface area contributed by atoms with Crippen LogP contribution in [0.5, 0.6) is 5.75 Å². The fourth-order valence-electron chi connectivity index (χ4n) is 5.42. The molecule has 0 atom stereocenters. The molecule has 0 amide bonds. The lowest BCUT2D eigenvalue weighted by atomic mass is 9.80. The van der Waals surface area contributed by atoms with E-state index in [1.165, 1.54) is 24.0 Å². The Morgan fingerprint density at radius 3 is 2.61 bits per heavy atom. The van der Waals surface area contributed by atoms with Crippen molar-refractivity contribution in [3.63, 3.8) is 0 Å². The summed E-state index contributed by atoms with van der Waals surface area (Å²) in [4.78, 5) is 23.0. The summed E-state index contributed by atoms with van der Waals surface area (Å²) in [6, 6.07) is 6.73. The Balaban J connectivity index is 1.14. The monoisotopic (exact) mass is 455 g/mol. The fraction of sp³-hybridized carbons (Fsp3) is 0.692. The molecule has 0 N–H and O–H groups in total. The third kappa shape index (κ3) is 4.57. The van der Waals surface area contributed by atoms with Crippen LogP contribution in [0.25, 0.3) is 0 Å². The van der Waals surface area contributed by atoms with Crippen molar-refractivity contribution in [3.8, 4) is 5.75 Å². The zero-order valence-corrected chi connectivity index (χ0v) is 20.3. The molecule has 4 aliphatic rings. The van der Waals surface area contributed by atoms with Crippen LogP contribution in [-0.4, -0.2) is 66.6 Å². The molecule has 1 aromatic rings. The first kappa shape index (κ1) is 22.5. The minimum absolute atomic E-state index is 0.0717. The molecule has 3 heterocycles. The highest BCUT2D eigenvalue weighted by molar-refractivity contribution is 5.85. The molecule has 1 spiro atoms. The number of rotatable bonds is 7. The molecule has 3 fully saturated rings. The molecular formula is C26H37N3O4. The number of hydrogen-bond acceptors (Lipinski definition) is 7. The van der Waals surface area contributed by atoms with Gasteiger partial charge in [-0.15, -0.1) is 0 Å². The average molecular weight is 456 g/mol. The Morgan fingerprint density at radius 1 is 1.18 bits per heavy atom. The highest BCUT2D eigenvalue weighted by Crippen LogP contribution is 2.42. The molecule has 0 radical (unpaired) electrons. The zero-order chi connectivity index (χ0) is 23.1. The molecule has 2 saturated heterocycles. The van der Waals surface area contributed by atoms with Crippen molar-refractivity contribution in [1.82, 2.24) is 9.80 Å². The number of esters is 1. The fourth-order valence-corrected chi connectivity index (χ4v) is 5.42. The summed E-state index contributed by atoms with van der Waals surface area (Å²) in [6.07, 6.45) is 5.05. The largest absolute Gasteiger partial charge is 0.494 e. The third-order valence-corrected chi connectivity index (χ3v) is 7.68. The Hall–Kier alpha value is -2.28.